The molecule has 1 atom stereocenters. The van der Waals surface area contributed by atoms with E-state index in [9.17, 15) is 9.46 Å². The molecule has 11 nitrogen and oxygen atoms in total. The van der Waals surface area contributed by atoms with Crippen LogP contribution in [0.25, 0.3) is 24.3 Å². The predicted octanol–water partition coefficient (Wildman–Crippen LogP) is 4.33. The molecule has 0 aliphatic rings. The van der Waals surface area contributed by atoms with Gasteiger partial charge in [-0.1, -0.05) is 36.4 Å². The molecule has 0 saturated carbocycles. The Kier molecular flexibility index (Phi) is 14.4. The molecule has 0 N–H and O–H groups in total. The number of benzene rings is 4. The third-order valence-electron chi connectivity index (χ3n) is 7.11. The number of phosphoric acid groups is 1. The summed E-state index contributed by atoms with van der Waals surface area (Å²) in [6.07, 6.45) is 7.23. The largest absolute Gasteiger partial charge is 1.00 e. The zero-order valence-electron chi connectivity index (χ0n) is 29.0. The zero-order valence-corrected chi connectivity index (χ0v) is 31.9. The number of aryl methyl sites for hydroxylation is 1. The maximum atomic E-state index is 13.2. The van der Waals surface area contributed by atoms with E-state index in [0.29, 0.717) is 39.9 Å². The average molecular weight is 701 g/mol. The molecule has 4 aromatic rings. The average Bonchev–Trinajstić information content (AvgIpc) is 3.08. The molecule has 0 fully saturated rings. The van der Waals surface area contributed by atoms with Gasteiger partial charge in [0.15, 0.2) is 46.0 Å². The normalized spacial score (nSPS) is 12.1. The Balaban J connectivity index is 0.00000650. The fourth-order valence-corrected chi connectivity index (χ4v) is 5.66. The first kappa shape index (κ1) is 39.2. The van der Waals surface area contributed by atoms with Crippen molar-refractivity contribution in [1.29, 1.82) is 0 Å². The maximum Gasteiger partial charge on any atom is 1.00 e. The Labute approximate surface area is 308 Å². The van der Waals surface area contributed by atoms with Crippen LogP contribution in [-0.4, -0.2) is 49.8 Å². The van der Waals surface area contributed by atoms with Crippen LogP contribution in [0.5, 0.6) is 51.7 Å². The minimum absolute atomic E-state index is 0. The van der Waals surface area contributed by atoms with Crippen molar-refractivity contribution in [2.45, 2.75) is 6.92 Å². The second-order valence-corrected chi connectivity index (χ2v) is 11.4. The third kappa shape index (κ3) is 9.90. The van der Waals surface area contributed by atoms with Crippen LogP contribution in [0.4, 0.5) is 0 Å². The molecule has 1 unspecified atom stereocenters. The van der Waals surface area contributed by atoms with E-state index in [-0.39, 0.29) is 52.6 Å². The molecular weight excluding hydrogens is 662 g/mol. The summed E-state index contributed by atoms with van der Waals surface area (Å²) in [5.41, 5.74) is 3.77. The van der Waals surface area contributed by atoms with Gasteiger partial charge >= 0.3 is 37.4 Å². The summed E-state index contributed by atoms with van der Waals surface area (Å²) in [6, 6.07) is 17.1. The van der Waals surface area contributed by atoms with Crippen LogP contribution in [-0.2, 0) is 4.57 Å². The zero-order chi connectivity index (χ0) is 34.8. The molecule has 0 bridgehead atoms. The van der Waals surface area contributed by atoms with E-state index >= 15 is 0 Å². The van der Waals surface area contributed by atoms with Crippen LogP contribution < -0.4 is 76.7 Å². The van der Waals surface area contributed by atoms with Gasteiger partial charge in [-0.05, 0) is 83.3 Å². The Morgan fingerprint density at radius 1 is 0.469 bits per heavy atom. The fraction of sp³-hybridized carbons (Fsp3) is 0.222. The van der Waals surface area contributed by atoms with Gasteiger partial charge in [0.05, 0.1) is 49.8 Å². The van der Waals surface area contributed by atoms with E-state index in [0.717, 1.165) is 16.7 Å². The summed E-state index contributed by atoms with van der Waals surface area (Å²) < 4.78 is 61.9. The number of phosphoric ester groups is 1. The number of hydrogen-bond donors (Lipinski definition) is 0. The van der Waals surface area contributed by atoms with Crippen molar-refractivity contribution in [3.8, 4) is 51.7 Å². The molecule has 4 rings (SSSR count). The van der Waals surface area contributed by atoms with Crippen LogP contribution in [0.3, 0.4) is 0 Å². The fourth-order valence-electron chi connectivity index (χ4n) is 4.86. The quantitative estimate of drug-likeness (QED) is 0.100. The predicted molar refractivity (Wildman–Crippen MR) is 183 cm³/mol. The number of rotatable bonds is 15. The molecule has 13 heteroatoms. The van der Waals surface area contributed by atoms with Gasteiger partial charge in [0.25, 0.3) is 0 Å². The van der Waals surface area contributed by atoms with E-state index in [1.54, 1.807) is 68.8 Å². The van der Waals surface area contributed by atoms with Crippen molar-refractivity contribution in [1.82, 2.24) is 0 Å². The van der Waals surface area contributed by atoms with E-state index in [1.807, 2.05) is 25.1 Å². The van der Waals surface area contributed by atoms with Crippen LogP contribution in [0.15, 0.2) is 60.7 Å². The Morgan fingerprint density at radius 3 is 1.20 bits per heavy atom. The summed E-state index contributed by atoms with van der Waals surface area (Å²) >= 11 is 0. The molecule has 0 heterocycles. The van der Waals surface area contributed by atoms with Crippen molar-refractivity contribution in [2.24, 2.45) is 0 Å². The van der Waals surface area contributed by atoms with Crippen LogP contribution in [0.1, 0.15) is 27.8 Å². The van der Waals surface area contributed by atoms with Gasteiger partial charge in [0.2, 0.25) is 5.75 Å². The van der Waals surface area contributed by atoms with Crippen molar-refractivity contribution in [2.75, 3.05) is 49.8 Å². The third-order valence-corrected chi connectivity index (χ3v) is 7.95. The van der Waals surface area contributed by atoms with Gasteiger partial charge in [-0.15, -0.1) is 0 Å². The summed E-state index contributed by atoms with van der Waals surface area (Å²) in [7, 11) is 5.56. The summed E-state index contributed by atoms with van der Waals surface area (Å²) in [5.74, 6) is 2.96. The summed E-state index contributed by atoms with van der Waals surface area (Å²) in [5, 5.41) is 0. The molecule has 0 aliphatic heterocycles. The number of methoxy groups -OCH3 is 7. The van der Waals surface area contributed by atoms with Crippen molar-refractivity contribution in [3.63, 3.8) is 0 Å². The minimum atomic E-state index is -5.00. The van der Waals surface area contributed by atoms with Gasteiger partial charge in [0, 0.05) is 0 Å². The minimum Gasteiger partial charge on any atom is -0.736 e. The van der Waals surface area contributed by atoms with Crippen LogP contribution in [0.2, 0.25) is 0 Å². The molecule has 0 aliphatic carbocycles. The monoisotopic (exact) mass is 700 g/mol. The number of hydrogen-bond acceptors (Lipinski definition) is 11. The van der Waals surface area contributed by atoms with Gasteiger partial charge in [0.1, 0.15) is 0 Å². The summed E-state index contributed by atoms with van der Waals surface area (Å²) in [4.78, 5) is 13.2. The van der Waals surface area contributed by atoms with E-state index in [2.05, 4.69) is 0 Å². The van der Waals surface area contributed by atoms with Crippen molar-refractivity contribution in [3.05, 3.63) is 88.5 Å². The topological polar surface area (TPSA) is 123 Å². The standard InChI is InChI=1S/C36H39O11P.Na/c1-23-17-26(20-32(41-4)35(23)44-7)11-9-24-13-15-28(39-2)30(18-24)46-48(37,38)47-31-19-25(14-16-29(31)40-3)10-12-27-21-33(42-5)36(45-8)34(22-27)43-6;/h9-22H,1-8H3,(H,37,38);/q;+1/p-1/b11-9-,12-10-;. The second-order valence-electron chi connectivity index (χ2n) is 10.1. The molecule has 4 aromatic carbocycles. The Morgan fingerprint density at radius 2 is 0.816 bits per heavy atom. The van der Waals surface area contributed by atoms with Gasteiger partial charge in [-0.25, -0.2) is 4.57 Å². The smallest absolute Gasteiger partial charge is 0.736 e. The number of ether oxygens (including phenoxy) is 7. The molecule has 0 radical (unpaired) electrons. The summed E-state index contributed by atoms with van der Waals surface area (Å²) in [6.45, 7) is 1.92. The molecule has 49 heavy (non-hydrogen) atoms. The van der Waals surface area contributed by atoms with E-state index in [4.69, 9.17) is 42.2 Å². The molecule has 0 amide bonds. The first-order valence-electron chi connectivity index (χ1n) is 14.5. The second kappa shape index (κ2) is 17.9. The molecule has 0 spiro atoms. The first-order valence-corrected chi connectivity index (χ1v) is 16.0. The van der Waals surface area contributed by atoms with E-state index in [1.165, 1.54) is 47.7 Å². The van der Waals surface area contributed by atoms with Crippen molar-refractivity contribution >= 4 is 32.1 Å². The molecule has 0 aromatic heterocycles. The Bertz CT molecular complexity index is 1830. The van der Waals surface area contributed by atoms with E-state index < -0.39 is 7.82 Å². The van der Waals surface area contributed by atoms with Crippen LogP contribution in [0, 0.1) is 6.92 Å². The van der Waals surface area contributed by atoms with Crippen molar-refractivity contribution < 1.29 is 81.2 Å². The van der Waals surface area contributed by atoms with Crippen LogP contribution >= 0.6 is 7.82 Å². The molecule has 0 saturated heterocycles. The van der Waals surface area contributed by atoms with Gasteiger partial charge in [-0.2, -0.15) is 0 Å². The molecule has 254 valence electrons. The SMILES string of the molecule is COc1ccc(/C=C\c2cc(C)c(OC)c(OC)c2)cc1OP(=O)([O-])Oc1cc(/C=C\c2cc(OC)c(OC)c(OC)c2)ccc1OC.[Na+]. The van der Waals surface area contributed by atoms with Gasteiger partial charge in [-0.3, -0.25) is 0 Å². The molecular formula is C36H38NaO11P. The maximum absolute atomic E-state index is 13.2. The van der Waals surface area contributed by atoms with Gasteiger partial charge < -0.3 is 47.1 Å². The first-order chi connectivity index (χ1) is 23.1. The Hall–Kier alpha value is -4.25.